The number of hydrogen-bond acceptors (Lipinski definition) is 9. The maximum atomic E-state index is 5.74. The number of thioether (sulfide) groups is 1. The first-order valence-corrected chi connectivity index (χ1v) is 9.79. The fraction of sp³-hybridized carbons (Fsp3) is 0.167. The van der Waals surface area contributed by atoms with E-state index in [1.54, 1.807) is 37.9 Å². The molecule has 3 heterocycles. The van der Waals surface area contributed by atoms with Crippen LogP contribution in [0.4, 0.5) is 0 Å². The van der Waals surface area contributed by atoms with E-state index in [2.05, 4.69) is 15.2 Å². The van der Waals surface area contributed by atoms with Crippen LogP contribution in [0.25, 0.3) is 22.2 Å². The molecule has 0 atom stereocenters. The highest BCUT2D eigenvalue weighted by atomic mass is 32.2. The molecule has 0 bridgehead atoms. The lowest BCUT2D eigenvalue weighted by Gasteiger charge is -2.05. The molecule has 0 aliphatic rings. The highest BCUT2D eigenvalue weighted by Gasteiger charge is 2.14. The third kappa shape index (κ3) is 3.99. The topological polar surface area (TPSA) is 83.4 Å². The van der Waals surface area contributed by atoms with Gasteiger partial charge in [0.05, 0.1) is 24.8 Å². The number of hydrogen-bond donors (Lipinski definition) is 0. The van der Waals surface area contributed by atoms with Crippen LogP contribution in [0, 0.1) is 0 Å². The van der Waals surface area contributed by atoms with Crippen molar-refractivity contribution in [3.05, 3.63) is 47.7 Å². The van der Waals surface area contributed by atoms with Crippen LogP contribution in [0.2, 0.25) is 0 Å². The summed E-state index contributed by atoms with van der Waals surface area (Å²) < 4.78 is 21.8. The number of aromatic nitrogens is 3. The van der Waals surface area contributed by atoms with E-state index in [0.29, 0.717) is 34.3 Å². The molecule has 9 heteroatoms. The first kappa shape index (κ1) is 17.6. The van der Waals surface area contributed by atoms with Gasteiger partial charge in [0.15, 0.2) is 0 Å². The monoisotopic (exact) mass is 401 g/mol. The summed E-state index contributed by atoms with van der Waals surface area (Å²) in [5.74, 6) is 2.89. The van der Waals surface area contributed by atoms with Crippen molar-refractivity contribution >= 4 is 23.1 Å². The Morgan fingerprint density at radius 1 is 1.07 bits per heavy atom. The Labute approximate surface area is 163 Å². The quantitative estimate of drug-likeness (QED) is 0.410. The van der Waals surface area contributed by atoms with Crippen molar-refractivity contribution in [2.24, 2.45) is 0 Å². The Hall–Kier alpha value is -2.78. The molecule has 4 aromatic rings. The van der Waals surface area contributed by atoms with Crippen LogP contribution in [-0.2, 0) is 5.75 Å². The molecule has 7 nitrogen and oxygen atoms in total. The highest BCUT2D eigenvalue weighted by molar-refractivity contribution is 7.98. The Kier molecular flexibility index (Phi) is 5.12. The molecule has 0 saturated heterocycles. The van der Waals surface area contributed by atoms with Gasteiger partial charge in [-0.25, -0.2) is 4.98 Å². The molecule has 138 valence electrons. The zero-order chi connectivity index (χ0) is 18.6. The summed E-state index contributed by atoms with van der Waals surface area (Å²) >= 11 is 2.98. The largest absolute Gasteiger partial charge is 0.497 e. The molecule has 0 radical (unpaired) electrons. The van der Waals surface area contributed by atoms with Crippen LogP contribution in [0.5, 0.6) is 11.5 Å². The molecule has 0 fully saturated rings. The van der Waals surface area contributed by atoms with Crippen LogP contribution in [0.3, 0.4) is 0 Å². The van der Waals surface area contributed by atoms with E-state index in [-0.39, 0.29) is 0 Å². The predicted molar refractivity (Wildman–Crippen MR) is 102 cm³/mol. The second kappa shape index (κ2) is 7.85. The number of ether oxygens (including phenoxy) is 2. The third-order valence-corrected chi connectivity index (χ3v) is 5.34. The number of thiophene rings is 1. The molecule has 4 rings (SSSR count). The SMILES string of the molecule is COc1cc(OC)cc(-c2nnc(SCc3coc(-c4cccs4)n3)o2)c1. The van der Waals surface area contributed by atoms with Gasteiger partial charge < -0.3 is 18.3 Å². The van der Waals surface area contributed by atoms with Crippen LogP contribution in [0.15, 0.2) is 56.0 Å². The zero-order valence-corrected chi connectivity index (χ0v) is 16.2. The molecule has 0 saturated carbocycles. The minimum Gasteiger partial charge on any atom is -0.497 e. The van der Waals surface area contributed by atoms with Crippen molar-refractivity contribution in [3.63, 3.8) is 0 Å². The minimum absolute atomic E-state index is 0.397. The van der Waals surface area contributed by atoms with Crippen molar-refractivity contribution < 1.29 is 18.3 Å². The lowest BCUT2D eigenvalue weighted by Crippen LogP contribution is -1.88. The van der Waals surface area contributed by atoms with Gasteiger partial charge in [-0.1, -0.05) is 17.8 Å². The van der Waals surface area contributed by atoms with Crippen LogP contribution < -0.4 is 9.47 Å². The predicted octanol–water partition coefficient (Wildman–Crippen LogP) is 4.76. The smallest absolute Gasteiger partial charge is 0.277 e. The number of oxazole rings is 1. The van der Waals surface area contributed by atoms with Gasteiger partial charge in [0.2, 0.25) is 11.8 Å². The van der Waals surface area contributed by atoms with E-state index in [1.165, 1.54) is 11.8 Å². The Morgan fingerprint density at radius 2 is 1.89 bits per heavy atom. The fourth-order valence-corrected chi connectivity index (χ4v) is 3.63. The summed E-state index contributed by atoms with van der Waals surface area (Å²) in [7, 11) is 3.19. The standard InChI is InChI=1S/C18H15N3O4S2/c1-22-13-6-11(7-14(8-13)23-2)16-20-21-18(25-16)27-10-12-9-24-17(19-12)15-4-3-5-26-15/h3-9H,10H2,1-2H3. The number of nitrogens with zero attached hydrogens (tertiary/aromatic N) is 3. The Balaban J connectivity index is 1.46. The number of rotatable bonds is 7. The average Bonchev–Trinajstić information content (AvgIpc) is 3.46. The van der Waals surface area contributed by atoms with E-state index in [9.17, 15) is 0 Å². The molecule has 0 N–H and O–H groups in total. The second-order valence-corrected chi connectivity index (χ2v) is 7.26. The Morgan fingerprint density at radius 3 is 2.59 bits per heavy atom. The molecule has 0 aliphatic heterocycles. The average molecular weight is 401 g/mol. The van der Waals surface area contributed by atoms with Crippen LogP contribution >= 0.6 is 23.1 Å². The van der Waals surface area contributed by atoms with Gasteiger partial charge in [-0.3, -0.25) is 0 Å². The fourth-order valence-electron chi connectivity index (χ4n) is 2.34. The molecule has 27 heavy (non-hydrogen) atoms. The van der Waals surface area contributed by atoms with E-state index >= 15 is 0 Å². The van der Waals surface area contributed by atoms with Gasteiger partial charge in [0.1, 0.15) is 17.8 Å². The molecule has 3 aromatic heterocycles. The summed E-state index contributed by atoms with van der Waals surface area (Å²) in [4.78, 5) is 5.48. The summed E-state index contributed by atoms with van der Waals surface area (Å²) in [6.45, 7) is 0. The molecule has 0 spiro atoms. The maximum Gasteiger partial charge on any atom is 0.277 e. The van der Waals surface area contributed by atoms with Crippen molar-refractivity contribution in [2.45, 2.75) is 11.0 Å². The number of benzene rings is 1. The Bertz CT molecular complexity index is 1000. The molecule has 0 amide bonds. The van der Waals surface area contributed by atoms with Crippen LogP contribution in [-0.4, -0.2) is 29.4 Å². The van der Waals surface area contributed by atoms with Gasteiger partial charge >= 0.3 is 0 Å². The normalized spacial score (nSPS) is 10.9. The van der Waals surface area contributed by atoms with E-state index < -0.39 is 0 Å². The van der Waals surface area contributed by atoms with Gasteiger partial charge in [0.25, 0.3) is 5.22 Å². The van der Waals surface area contributed by atoms with Gasteiger partial charge in [-0.15, -0.1) is 21.5 Å². The van der Waals surface area contributed by atoms with Gasteiger partial charge in [-0.2, -0.15) is 0 Å². The van der Waals surface area contributed by atoms with E-state index in [4.69, 9.17) is 18.3 Å². The molecular formula is C18H15N3O4S2. The summed E-state index contributed by atoms with van der Waals surface area (Å²) in [6, 6.07) is 9.35. The van der Waals surface area contributed by atoms with E-state index in [0.717, 1.165) is 16.1 Å². The second-order valence-electron chi connectivity index (χ2n) is 5.38. The molecule has 1 aromatic carbocycles. The molecular weight excluding hydrogens is 386 g/mol. The highest BCUT2D eigenvalue weighted by Crippen LogP contribution is 2.31. The van der Waals surface area contributed by atoms with Crippen molar-refractivity contribution in [3.8, 4) is 33.7 Å². The van der Waals surface area contributed by atoms with Crippen molar-refractivity contribution in [1.82, 2.24) is 15.2 Å². The van der Waals surface area contributed by atoms with Crippen LogP contribution in [0.1, 0.15) is 5.69 Å². The van der Waals surface area contributed by atoms with E-state index in [1.807, 2.05) is 29.6 Å². The maximum absolute atomic E-state index is 5.74. The lowest BCUT2D eigenvalue weighted by atomic mass is 10.2. The summed E-state index contributed by atoms with van der Waals surface area (Å²) in [5, 5.41) is 10.6. The first-order chi connectivity index (χ1) is 13.2. The summed E-state index contributed by atoms with van der Waals surface area (Å²) in [5.41, 5.74) is 1.54. The summed E-state index contributed by atoms with van der Waals surface area (Å²) in [6.07, 6.45) is 1.65. The molecule has 0 aliphatic carbocycles. The first-order valence-electron chi connectivity index (χ1n) is 7.93. The molecule has 0 unspecified atom stereocenters. The van der Waals surface area contributed by atoms with Crippen molar-refractivity contribution in [2.75, 3.05) is 14.2 Å². The number of methoxy groups -OCH3 is 2. The minimum atomic E-state index is 0.397. The van der Waals surface area contributed by atoms with Gasteiger partial charge in [0, 0.05) is 17.4 Å². The van der Waals surface area contributed by atoms with Crippen molar-refractivity contribution in [1.29, 1.82) is 0 Å². The lowest BCUT2D eigenvalue weighted by molar-refractivity contribution is 0.394. The third-order valence-electron chi connectivity index (χ3n) is 3.63. The van der Waals surface area contributed by atoms with Gasteiger partial charge in [-0.05, 0) is 23.6 Å². The zero-order valence-electron chi connectivity index (χ0n) is 14.5.